The molecule has 1 fully saturated rings. The molecule has 78 valence electrons. The molecular weight excluding hydrogens is 164 g/mol. The van der Waals surface area contributed by atoms with Gasteiger partial charge in [-0.3, -0.25) is 0 Å². The summed E-state index contributed by atoms with van der Waals surface area (Å²) >= 11 is 0. The van der Waals surface area contributed by atoms with Crippen molar-refractivity contribution in [3.8, 4) is 0 Å². The molecule has 3 heteroatoms. The fraction of sp³-hybridized carbons (Fsp3) is 1.00. The highest BCUT2D eigenvalue weighted by Gasteiger charge is 2.24. The van der Waals surface area contributed by atoms with Crippen LogP contribution in [-0.4, -0.2) is 44.3 Å². The Labute approximate surface area is 81.2 Å². The Morgan fingerprint density at radius 1 is 1.62 bits per heavy atom. The molecule has 0 spiro atoms. The molecule has 0 radical (unpaired) electrons. The monoisotopic (exact) mass is 186 g/mol. The standard InChI is InChI=1S/C10H22N2O/c1-9(10-4-7-13-8-10)12(2)6-3-5-11/h9-10H,3-8,11H2,1-2H3. The van der Waals surface area contributed by atoms with E-state index in [1.165, 1.54) is 6.42 Å². The quantitative estimate of drug-likeness (QED) is 0.686. The van der Waals surface area contributed by atoms with Crippen molar-refractivity contribution < 1.29 is 4.74 Å². The fourth-order valence-electron chi connectivity index (χ4n) is 1.84. The topological polar surface area (TPSA) is 38.5 Å². The van der Waals surface area contributed by atoms with Crippen LogP contribution < -0.4 is 5.73 Å². The number of rotatable bonds is 5. The summed E-state index contributed by atoms with van der Waals surface area (Å²) in [5, 5.41) is 0. The Hall–Kier alpha value is -0.120. The lowest BCUT2D eigenvalue weighted by molar-refractivity contribution is 0.145. The van der Waals surface area contributed by atoms with E-state index in [4.69, 9.17) is 10.5 Å². The van der Waals surface area contributed by atoms with Crippen LogP contribution in [-0.2, 0) is 4.74 Å². The Bertz CT molecular complexity index is 135. The first-order chi connectivity index (χ1) is 6.25. The molecule has 0 aromatic rings. The van der Waals surface area contributed by atoms with E-state index < -0.39 is 0 Å². The second-order valence-electron chi connectivity index (χ2n) is 3.99. The van der Waals surface area contributed by atoms with Crippen molar-refractivity contribution in [1.82, 2.24) is 4.90 Å². The van der Waals surface area contributed by atoms with E-state index in [1.807, 2.05) is 0 Å². The minimum absolute atomic E-state index is 0.633. The largest absolute Gasteiger partial charge is 0.381 e. The molecular formula is C10H22N2O. The zero-order valence-corrected chi connectivity index (χ0v) is 8.83. The van der Waals surface area contributed by atoms with E-state index in [1.54, 1.807) is 0 Å². The molecule has 0 aromatic carbocycles. The van der Waals surface area contributed by atoms with Crippen molar-refractivity contribution in [2.24, 2.45) is 11.7 Å². The zero-order valence-electron chi connectivity index (χ0n) is 8.83. The van der Waals surface area contributed by atoms with E-state index in [0.717, 1.165) is 38.6 Å². The molecule has 0 aliphatic carbocycles. The number of ether oxygens (including phenoxy) is 1. The van der Waals surface area contributed by atoms with Gasteiger partial charge in [0.25, 0.3) is 0 Å². The normalized spacial score (nSPS) is 25.4. The first-order valence-corrected chi connectivity index (χ1v) is 5.23. The van der Waals surface area contributed by atoms with E-state index in [0.29, 0.717) is 6.04 Å². The molecule has 1 rings (SSSR count). The van der Waals surface area contributed by atoms with Crippen molar-refractivity contribution in [2.75, 3.05) is 33.4 Å². The van der Waals surface area contributed by atoms with Crippen molar-refractivity contribution in [1.29, 1.82) is 0 Å². The predicted octanol–water partition coefficient (Wildman–Crippen LogP) is 0.692. The van der Waals surface area contributed by atoms with Gasteiger partial charge in [0.05, 0.1) is 6.61 Å². The van der Waals surface area contributed by atoms with E-state index in [-0.39, 0.29) is 0 Å². The smallest absolute Gasteiger partial charge is 0.0509 e. The maximum absolute atomic E-state index is 5.48. The third kappa shape index (κ3) is 3.25. The minimum atomic E-state index is 0.633. The summed E-state index contributed by atoms with van der Waals surface area (Å²) in [4.78, 5) is 2.40. The lowest BCUT2D eigenvalue weighted by Gasteiger charge is -2.28. The molecule has 13 heavy (non-hydrogen) atoms. The highest BCUT2D eigenvalue weighted by atomic mass is 16.5. The second-order valence-corrected chi connectivity index (χ2v) is 3.99. The molecule has 2 N–H and O–H groups in total. The van der Waals surface area contributed by atoms with Gasteiger partial charge in [0.15, 0.2) is 0 Å². The number of nitrogens with zero attached hydrogens (tertiary/aromatic N) is 1. The molecule has 1 heterocycles. The molecule has 1 aliphatic rings. The van der Waals surface area contributed by atoms with Gasteiger partial charge in [0, 0.05) is 12.6 Å². The van der Waals surface area contributed by atoms with Crippen molar-refractivity contribution in [3.63, 3.8) is 0 Å². The summed E-state index contributed by atoms with van der Waals surface area (Å²) in [6, 6.07) is 0.633. The molecule has 3 nitrogen and oxygen atoms in total. The predicted molar refractivity (Wildman–Crippen MR) is 54.7 cm³/mol. The van der Waals surface area contributed by atoms with E-state index in [2.05, 4.69) is 18.9 Å². The van der Waals surface area contributed by atoms with Gasteiger partial charge in [-0.15, -0.1) is 0 Å². The van der Waals surface area contributed by atoms with Crippen LogP contribution in [0, 0.1) is 5.92 Å². The number of hydrogen-bond donors (Lipinski definition) is 1. The van der Waals surface area contributed by atoms with Gasteiger partial charge in [-0.1, -0.05) is 0 Å². The highest BCUT2D eigenvalue weighted by molar-refractivity contribution is 4.76. The molecule has 2 atom stereocenters. The Balaban J connectivity index is 2.23. The number of nitrogens with two attached hydrogens (primary N) is 1. The lowest BCUT2D eigenvalue weighted by atomic mass is 9.99. The SMILES string of the molecule is CC(C1CCOC1)N(C)CCCN. The summed E-state index contributed by atoms with van der Waals surface area (Å²) in [7, 11) is 2.18. The second kappa shape index (κ2) is 5.58. The van der Waals surface area contributed by atoms with Gasteiger partial charge in [0.1, 0.15) is 0 Å². The van der Waals surface area contributed by atoms with E-state index in [9.17, 15) is 0 Å². The van der Waals surface area contributed by atoms with Crippen LogP contribution in [0.5, 0.6) is 0 Å². The van der Waals surface area contributed by atoms with Crippen LogP contribution in [0.15, 0.2) is 0 Å². The molecule has 0 amide bonds. The third-order valence-electron chi connectivity index (χ3n) is 3.06. The summed E-state index contributed by atoms with van der Waals surface area (Å²) in [5.74, 6) is 0.725. The molecule has 0 bridgehead atoms. The number of hydrogen-bond acceptors (Lipinski definition) is 3. The van der Waals surface area contributed by atoms with Gasteiger partial charge >= 0.3 is 0 Å². The average Bonchev–Trinajstić information content (AvgIpc) is 2.65. The summed E-state index contributed by atoms with van der Waals surface area (Å²) < 4.78 is 5.38. The Kier molecular flexibility index (Phi) is 4.70. The lowest BCUT2D eigenvalue weighted by Crippen LogP contribution is -2.37. The van der Waals surface area contributed by atoms with Gasteiger partial charge in [-0.25, -0.2) is 0 Å². The third-order valence-corrected chi connectivity index (χ3v) is 3.06. The van der Waals surface area contributed by atoms with Crippen molar-refractivity contribution in [3.05, 3.63) is 0 Å². The highest BCUT2D eigenvalue weighted by Crippen LogP contribution is 2.19. The first kappa shape index (κ1) is 11.0. The summed E-state index contributed by atoms with van der Waals surface area (Å²) in [6.45, 7) is 6.07. The maximum atomic E-state index is 5.48. The van der Waals surface area contributed by atoms with Crippen molar-refractivity contribution in [2.45, 2.75) is 25.8 Å². The van der Waals surface area contributed by atoms with Crippen LogP contribution in [0.4, 0.5) is 0 Å². The molecule has 0 aromatic heterocycles. The maximum Gasteiger partial charge on any atom is 0.0509 e. The van der Waals surface area contributed by atoms with Gasteiger partial charge in [-0.2, -0.15) is 0 Å². The van der Waals surface area contributed by atoms with Gasteiger partial charge < -0.3 is 15.4 Å². The van der Waals surface area contributed by atoms with Gasteiger partial charge in [0.2, 0.25) is 0 Å². The van der Waals surface area contributed by atoms with Crippen LogP contribution in [0.2, 0.25) is 0 Å². The van der Waals surface area contributed by atoms with Crippen LogP contribution in [0.3, 0.4) is 0 Å². The van der Waals surface area contributed by atoms with Crippen LogP contribution in [0.25, 0.3) is 0 Å². The fourth-order valence-corrected chi connectivity index (χ4v) is 1.84. The Morgan fingerprint density at radius 2 is 2.38 bits per heavy atom. The van der Waals surface area contributed by atoms with Crippen LogP contribution in [0.1, 0.15) is 19.8 Å². The zero-order chi connectivity index (χ0) is 9.68. The molecule has 0 saturated carbocycles. The molecule has 1 aliphatic heterocycles. The minimum Gasteiger partial charge on any atom is -0.381 e. The van der Waals surface area contributed by atoms with Crippen LogP contribution >= 0.6 is 0 Å². The van der Waals surface area contributed by atoms with Crippen molar-refractivity contribution >= 4 is 0 Å². The van der Waals surface area contributed by atoms with Gasteiger partial charge in [-0.05, 0) is 45.8 Å². The molecule has 2 unspecified atom stereocenters. The first-order valence-electron chi connectivity index (χ1n) is 5.23. The Morgan fingerprint density at radius 3 is 2.92 bits per heavy atom. The average molecular weight is 186 g/mol. The summed E-state index contributed by atoms with van der Waals surface area (Å²) in [6.07, 6.45) is 2.31. The van der Waals surface area contributed by atoms with E-state index >= 15 is 0 Å². The summed E-state index contributed by atoms with van der Waals surface area (Å²) in [5.41, 5.74) is 5.48. The molecule has 1 saturated heterocycles.